The van der Waals surface area contributed by atoms with Crippen molar-refractivity contribution in [3.8, 4) is 5.75 Å². The fourth-order valence-electron chi connectivity index (χ4n) is 2.68. The van der Waals surface area contributed by atoms with Gasteiger partial charge in [-0.05, 0) is 54.3 Å². The summed E-state index contributed by atoms with van der Waals surface area (Å²) < 4.78 is 5.29. The molecule has 0 spiro atoms. The van der Waals surface area contributed by atoms with Crippen LogP contribution in [0.1, 0.15) is 22.7 Å². The molecular formula is C16H16ClNO. The summed E-state index contributed by atoms with van der Waals surface area (Å²) in [5.41, 5.74) is 4.95. The lowest BCUT2D eigenvalue weighted by molar-refractivity contribution is 0.414. The van der Waals surface area contributed by atoms with Gasteiger partial charge in [0.05, 0.1) is 13.2 Å². The van der Waals surface area contributed by atoms with Crippen molar-refractivity contribution in [3.63, 3.8) is 0 Å². The van der Waals surface area contributed by atoms with E-state index in [1.165, 1.54) is 22.4 Å². The first-order valence-electron chi connectivity index (χ1n) is 6.37. The van der Waals surface area contributed by atoms with E-state index in [0.29, 0.717) is 6.04 Å². The van der Waals surface area contributed by atoms with E-state index in [1.54, 1.807) is 7.11 Å². The molecule has 0 saturated heterocycles. The largest absolute Gasteiger partial charge is 0.497 e. The summed E-state index contributed by atoms with van der Waals surface area (Å²) in [7, 11) is 1.69. The maximum absolute atomic E-state index is 6.12. The Morgan fingerprint density at radius 3 is 2.89 bits per heavy atom. The number of nitrogens with one attached hydrogen (secondary N) is 1. The van der Waals surface area contributed by atoms with Crippen molar-refractivity contribution < 1.29 is 4.74 Å². The molecule has 0 radical (unpaired) electrons. The standard InChI is InChI=1S/C16H16ClNO/c1-10-6-13(17)7-12-9-15(18-16(10)12)11-4-3-5-14(8-11)19-2/h3-8,15,18H,9H2,1-2H3. The van der Waals surface area contributed by atoms with Crippen molar-refractivity contribution in [2.75, 3.05) is 12.4 Å². The zero-order valence-electron chi connectivity index (χ0n) is 11.0. The zero-order chi connectivity index (χ0) is 13.4. The molecule has 2 aromatic rings. The highest BCUT2D eigenvalue weighted by Gasteiger charge is 2.24. The van der Waals surface area contributed by atoms with Crippen LogP contribution in [0.5, 0.6) is 5.75 Å². The van der Waals surface area contributed by atoms with Crippen LogP contribution in [0.4, 0.5) is 5.69 Å². The zero-order valence-corrected chi connectivity index (χ0v) is 11.8. The Bertz CT molecular complexity index is 624. The first-order chi connectivity index (χ1) is 9.17. The SMILES string of the molecule is COc1cccc(C2Cc3cc(Cl)cc(C)c3N2)c1. The fraction of sp³-hybridized carbons (Fsp3) is 0.250. The summed E-state index contributed by atoms with van der Waals surface area (Å²) >= 11 is 6.12. The van der Waals surface area contributed by atoms with Crippen molar-refractivity contribution in [2.45, 2.75) is 19.4 Å². The molecule has 0 amide bonds. The van der Waals surface area contributed by atoms with Crippen LogP contribution in [-0.4, -0.2) is 7.11 Å². The van der Waals surface area contributed by atoms with Crippen LogP contribution in [0.2, 0.25) is 5.02 Å². The third kappa shape index (κ3) is 2.28. The smallest absolute Gasteiger partial charge is 0.119 e. The lowest BCUT2D eigenvalue weighted by atomic mass is 10.0. The highest BCUT2D eigenvalue weighted by Crippen LogP contribution is 2.38. The van der Waals surface area contributed by atoms with E-state index < -0.39 is 0 Å². The third-order valence-corrected chi connectivity index (χ3v) is 3.84. The molecule has 0 fully saturated rings. The van der Waals surface area contributed by atoms with Gasteiger partial charge in [0, 0.05) is 10.7 Å². The average Bonchev–Trinajstić information content (AvgIpc) is 2.83. The molecule has 1 unspecified atom stereocenters. The number of rotatable bonds is 2. The molecule has 1 atom stereocenters. The van der Waals surface area contributed by atoms with E-state index >= 15 is 0 Å². The van der Waals surface area contributed by atoms with Crippen molar-refractivity contribution in [3.05, 3.63) is 58.1 Å². The molecule has 3 heteroatoms. The average molecular weight is 274 g/mol. The summed E-state index contributed by atoms with van der Waals surface area (Å²) in [5, 5.41) is 4.39. The Kier molecular flexibility index (Phi) is 3.11. The molecule has 0 bridgehead atoms. The second-order valence-electron chi connectivity index (χ2n) is 4.93. The van der Waals surface area contributed by atoms with Crippen LogP contribution in [0.15, 0.2) is 36.4 Å². The second kappa shape index (κ2) is 4.78. The molecule has 98 valence electrons. The second-order valence-corrected chi connectivity index (χ2v) is 5.37. The number of anilines is 1. The Balaban J connectivity index is 1.93. The van der Waals surface area contributed by atoms with Crippen LogP contribution < -0.4 is 10.1 Å². The minimum Gasteiger partial charge on any atom is -0.497 e. The summed E-state index contributed by atoms with van der Waals surface area (Å²) in [4.78, 5) is 0. The molecule has 2 aromatic carbocycles. The predicted octanol–water partition coefficient (Wildman–Crippen LogP) is 4.37. The van der Waals surface area contributed by atoms with Gasteiger partial charge in [-0.2, -0.15) is 0 Å². The Hall–Kier alpha value is -1.67. The third-order valence-electron chi connectivity index (χ3n) is 3.62. The topological polar surface area (TPSA) is 21.3 Å². The van der Waals surface area contributed by atoms with E-state index in [4.69, 9.17) is 16.3 Å². The monoisotopic (exact) mass is 273 g/mol. The van der Waals surface area contributed by atoms with Crippen molar-refractivity contribution in [2.24, 2.45) is 0 Å². The molecule has 1 aliphatic heterocycles. The summed E-state index contributed by atoms with van der Waals surface area (Å²) in [6.45, 7) is 2.09. The van der Waals surface area contributed by atoms with Gasteiger partial charge in [0.2, 0.25) is 0 Å². The van der Waals surface area contributed by atoms with E-state index in [-0.39, 0.29) is 0 Å². The Morgan fingerprint density at radius 2 is 2.11 bits per heavy atom. The number of hydrogen-bond acceptors (Lipinski definition) is 2. The first kappa shape index (κ1) is 12.4. The van der Waals surface area contributed by atoms with Gasteiger partial charge in [-0.25, -0.2) is 0 Å². The summed E-state index contributed by atoms with van der Waals surface area (Å²) in [6, 6.07) is 12.6. The maximum atomic E-state index is 6.12. The molecule has 2 nitrogen and oxygen atoms in total. The van der Waals surface area contributed by atoms with Crippen LogP contribution in [0.3, 0.4) is 0 Å². The van der Waals surface area contributed by atoms with Crippen molar-refractivity contribution >= 4 is 17.3 Å². The number of ether oxygens (including phenoxy) is 1. The van der Waals surface area contributed by atoms with Crippen molar-refractivity contribution in [1.29, 1.82) is 0 Å². The van der Waals surface area contributed by atoms with Gasteiger partial charge >= 0.3 is 0 Å². The van der Waals surface area contributed by atoms with Crippen LogP contribution in [0, 0.1) is 6.92 Å². The summed E-state index contributed by atoms with van der Waals surface area (Å²) in [5.74, 6) is 0.894. The van der Waals surface area contributed by atoms with E-state index in [1.807, 2.05) is 18.2 Å². The van der Waals surface area contributed by atoms with Gasteiger partial charge in [0.25, 0.3) is 0 Å². The van der Waals surface area contributed by atoms with E-state index in [9.17, 15) is 0 Å². The Morgan fingerprint density at radius 1 is 1.26 bits per heavy atom. The molecule has 0 saturated carbocycles. The molecule has 1 N–H and O–H groups in total. The van der Waals surface area contributed by atoms with Gasteiger partial charge in [-0.15, -0.1) is 0 Å². The Labute approximate surface area is 118 Å². The van der Waals surface area contributed by atoms with E-state index in [0.717, 1.165) is 17.2 Å². The number of fused-ring (bicyclic) bond motifs is 1. The number of benzene rings is 2. The van der Waals surface area contributed by atoms with Gasteiger partial charge in [-0.1, -0.05) is 23.7 Å². The molecule has 1 heterocycles. The van der Waals surface area contributed by atoms with Crippen LogP contribution in [0.25, 0.3) is 0 Å². The molecular weight excluding hydrogens is 258 g/mol. The highest BCUT2D eigenvalue weighted by molar-refractivity contribution is 6.30. The quantitative estimate of drug-likeness (QED) is 0.877. The van der Waals surface area contributed by atoms with Gasteiger partial charge < -0.3 is 10.1 Å². The lowest BCUT2D eigenvalue weighted by Gasteiger charge is -2.13. The number of halogens is 1. The normalized spacial score (nSPS) is 16.9. The van der Waals surface area contributed by atoms with Crippen LogP contribution in [-0.2, 0) is 6.42 Å². The predicted molar refractivity (Wildman–Crippen MR) is 79.3 cm³/mol. The summed E-state index contributed by atoms with van der Waals surface area (Å²) in [6.07, 6.45) is 0.962. The minimum absolute atomic E-state index is 0.294. The molecule has 0 aromatic heterocycles. The fourth-order valence-corrected chi connectivity index (χ4v) is 2.98. The highest BCUT2D eigenvalue weighted by atomic mass is 35.5. The molecule has 1 aliphatic rings. The lowest BCUT2D eigenvalue weighted by Crippen LogP contribution is -2.06. The number of methoxy groups -OCH3 is 1. The van der Waals surface area contributed by atoms with Crippen LogP contribution >= 0.6 is 11.6 Å². The number of hydrogen-bond donors (Lipinski definition) is 1. The molecule has 19 heavy (non-hydrogen) atoms. The first-order valence-corrected chi connectivity index (χ1v) is 6.74. The maximum Gasteiger partial charge on any atom is 0.119 e. The van der Waals surface area contributed by atoms with Gasteiger partial charge in [-0.3, -0.25) is 0 Å². The molecule has 0 aliphatic carbocycles. The van der Waals surface area contributed by atoms with Gasteiger partial charge in [0.15, 0.2) is 0 Å². The molecule has 3 rings (SSSR count). The van der Waals surface area contributed by atoms with E-state index in [2.05, 4.69) is 30.4 Å². The minimum atomic E-state index is 0.294. The van der Waals surface area contributed by atoms with Gasteiger partial charge in [0.1, 0.15) is 5.75 Å². The van der Waals surface area contributed by atoms with Crippen molar-refractivity contribution in [1.82, 2.24) is 0 Å². The number of aryl methyl sites for hydroxylation is 1.